The minimum atomic E-state index is -1.82. The van der Waals surface area contributed by atoms with Crippen LogP contribution in [0.15, 0.2) is 35.0 Å². The number of fused-ring (bicyclic) bond motifs is 2. The molecule has 2 heterocycles. The zero-order valence-electron chi connectivity index (χ0n) is 14.8. The fourth-order valence-corrected chi connectivity index (χ4v) is 4.19. The lowest BCUT2D eigenvalue weighted by atomic mass is 9.93. The van der Waals surface area contributed by atoms with Gasteiger partial charge in [0, 0.05) is 32.7 Å². The van der Waals surface area contributed by atoms with Gasteiger partial charge in [0.1, 0.15) is 5.76 Å². The highest BCUT2D eigenvalue weighted by Crippen LogP contribution is 2.43. The van der Waals surface area contributed by atoms with Crippen LogP contribution in [-0.4, -0.2) is 64.7 Å². The molecule has 1 saturated heterocycles. The van der Waals surface area contributed by atoms with E-state index in [-0.39, 0.29) is 0 Å². The van der Waals surface area contributed by atoms with E-state index in [1.54, 1.807) is 6.26 Å². The molecule has 0 spiro atoms. The smallest absolute Gasteiger partial charge is 0.414 e. The van der Waals surface area contributed by atoms with Crippen LogP contribution >= 0.6 is 0 Å². The largest absolute Gasteiger partial charge is 0.473 e. The summed E-state index contributed by atoms with van der Waals surface area (Å²) in [7, 11) is 0. The van der Waals surface area contributed by atoms with E-state index in [2.05, 4.69) is 28.0 Å². The van der Waals surface area contributed by atoms with Gasteiger partial charge in [-0.25, -0.2) is 9.59 Å². The molecule has 7 heteroatoms. The predicted octanol–water partition coefficient (Wildman–Crippen LogP) is 1.77. The Morgan fingerprint density at radius 2 is 1.73 bits per heavy atom. The summed E-state index contributed by atoms with van der Waals surface area (Å²) in [6.45, 7) is 7.09. The SMILES string of the molecule is C1=CC2CC1CC2CN1CCN(Cc2ccco2)CC1.O=C(O)C(=O)O. The summed E-state index contributed by atoms with van der Waals surface area (Å²) >= 11 is 0. The molecule has 3 atom stereocenters. The average Bonchev–Trinajstić information content (AvgIpc) is 3.35. The summed E-state index contributed by atoms with van der Waals surface area (Å²) in [6, 6.07) is 4.06. The highest BCUT2D eigenvalue weighted by molar-refractivity contribution is 6.27. The summed E-state index contributed by atoms with van der Waals surface area (Å²) in [5.41, 5.74) is 0. The van der Waals surface area contributed by atoms with Crippen molar-refractivity contribution in [3.63, 3.8) is 0 Å². The Bertz CT molecular complexity index is 622. The van der Waals surface area contributed by atoms with E-state index in [0.717, 1.165) is 30.1 Å². The standard InChI is InChI=1S/C17H24N2O.C2H2O4/c1-2-17(20-9-1)13-19-7-5-18(6-8-19)12-16-11-14-3-4-15(16)10-14;3-1(4)2(5)6/h1-4,9,14-16H,5-8,10-13H2;(H,3,4)(H,5,6). The second-order valence-electron chi connectivity index (χ2n) is 7.31. The van der Waals surface area contributed by atoms with Gasteiger partial charge in [-0.05, 0) is 42.7 Å². The number of hydrogen-bond donors (Lipinski definition) is 2. The molecule has 2 N–H and O–H groups in total. The van der Waals surface area contributed by atoms with Gasteiger partial charge in [0.2, 0.25) is 0 Å². The molecule has 0 radical (unpaired) electrons. The Morgan fingerprint density at radius 1 is 1.04 bits per heavy atom. The molecule has 4 rings (SSSR count). The van der Waals surface area contributed by atoms with Crippen molar-refractivity contribution in [3.05, 3.63) is 36.3 Å². The molecule has 3 aliphatic rings. The molecule has 1 aromatic rings. The lowest BCUT2D eigenvalue weighted by molar-refractivity contribution is -0.159. The molecule has 7 nitrogen and oxygen atoms in total. The van der Waals surface area contributed by atoms with E-state index in [1.807, 2.05) is 6.07 Å². The van der Waals surface area contributed by atoms with Crippen LogP contribution in [0.3, 0.4) is 0 Å². The maximum Gasteiger partial charge on any atom is 0.414 e. The van der Waals surface area contributed by atoms with Crippen molar-refractivity contribution in [2.75, 3.05) is 32.7 Å². The number of carbonyl (C=O) groups is 2. The number of aliphatic carboxylic acids is 2. The maximum absolute atomic E-state index is 9.10. The first-order valence-electron chi connectivity index (χ1n) is 9.13. The van der Waals surface area contributed by atoms with Crippen molar-refractivity contribution < 1.29 is 24.2 Å². The molecule has 1 aromatic heterocycles. The summed E-state index contributed by atoms with van der Waals surface area (Å²) in [5, 5.41) is 14.8. The van der Waals surface area contributed by atoms with Crippen LogP contribution in [0.25, 0.3) is 0 Å². The van der Waals surface area contributed by atoms with Crippen molar-refractivity contribution in [1.82, 2.24) is 9.80 Å². The van der Waals surface area contributed by atoms with E-state index >= 15 is 0 Å². The van der Waals surface area contributed by atoms with Gasteiger partial charge in [-0.15, -0.1) is 0 Å². The molecule has 2 fully saturated rings. The summed E-state index contributed by atoms with van der Waals surface area (Å²) in [4.78, 5) is 23.4. The quantitative estimate of drug-likeness (QED) is 0.623. The molecule has 1 aliphatic heterocycles. The Hall–Kier alpha value is -2.12. The van der Waals surface area contributed by atoms with Crippen molar-refractivity contribution >= 4 is 11.9 Å². The monoisotopic (exact) mass is 362 g/mol. The van der Waals surface area contributed by atoms with Crippen LogP contribution in [0.2, 0.25) is 0 Å². The Balaban J connectivity index is 0.000000286. The third-order valence-electron chi connectivity index (χ3n) is 5.52. The van der Waals surface area contributed by atoms with Gasteiger partial charge in [-0.1, -0.05) is 12.2 Å². The lowest BCUT2D eigenvalue weighted by Crippen LogP contribution is -2.47. The first kappa shape index (κ1) is 18.7. The molecular formula is C19H26N2O5. The summed E-state index contributed by atoms with van der Waals surface area (Å²) in [6.07, 6.45) is 9.57. The number of allylic oxidation sites excluding steroid dienone is 2. The molecule has 26 heavy (non-hydrogen) atoms. The maximum atomic E-state index is 9.10. The molecule has 2 bridgehead atoms. The number of nitrogens with zero attached hydrogens (tertiary/aromatic N) is 2. The molecule has 0 amide bonds. The first-order chi connectivity index (χ1) is 12.5. The Labute approximate surface area is 152 Å². The van der Waals surface area contributed by atoms with Crippen LogP contribution in [0.5, 0.6) is 0 Å². The zero-order valence-corrected chi connectivity index (χ0v) is 14.8. The third-order valence-corrected chi connectivity index (χ3v) is 5.52. The van der Waals surface area contributed by atoms with Gasteiger partial charge in [-0.3, -0.25) is 4.90 Å². The fourth-order valence-electron chi connectivity index (χ4n) is 4.19. The zero-order chi connectivity index (χ0) is 18.5. The number of carboxylic acid groups (broad SMARTS) is 2. The van der Waals surface area contributed by atoms with E-state index in [9.17, 15) is 0 Å². The Morgan fingerprint density at radius 3 is 2.23 bits per heavy atom. The second kappa shape index (κ2) is 8.51. The fraction of sp³-hybridized carbons (Fsp3) is 0.579. The summed E-state index contributed by atoms with van der Waals surface area (Å²) < 4.78 is 5.44. The molecule has 3 unspecified atom stereocenters. The van der Waals surface area contributed by atoms with Gasteiger partial charge < -0.3 is 19.5 Å². The third kappa shape index (κ3) is 4.95. The van der Waals surface area contributed by atoms with Crippen molar-refractivity contribution in [3.8, 4) is 0 Å². The second-order valence-corrected chi connectivity index (χ2v) is 7.31. The predicted molar refractivity (Wildman–Crippen MR) is 94.5 cm³/mol. The van der Waals surface area contributed by atoms with Gasteiger partial charge in [-0.2, -0.15) is 0 Å². The molecule has 2 aliphatic carbocycles. The van der Waals surface area contributed by atoms with Crippen LogP contribution in [0.4, 0.5) is 0 Å². The van der Waals surface area contributed by atoms with Crippen molar-refractivity contribution in [2.45, 2.75) is 19.4 Å². The van der Waals surface area contributed by atoms with Gasteiger partial charge in [0.05, 0.1) is 12.8 Å². The van der Waals surface area contributed by atoms with E-state index in [0.29, 0.717) is 0 Å². The number of rotatable bonds is 4. The number of hydrogen-bond acceptors (Lipinski definition) is 5. The van der Waals surface area contributed by atoms with Crippen molar-refractivity contribution in [2.24, 2.45) is 17.8 Å². The highest BCUT2D eigenvalue weighted by atomic mass is 16.4. The number of furan rings is 1. The average molecular weight is 362 g/mol. The van der Waals surface area contributed by atoms with Crippen LogP contribution < -0.4 is 0 Å². The molecular weight excluding hydrogens is 336 g/mol. The first-order valence-corrected chi connectivity index (χ1v) is 9.13. The van der Waals surface area contributed by atoms with E-state index in [1.165, 1.54) is 45.6 Å². The minimum absolute atomic E-state index is 0.890. The molecule has 0 aromatic carbocycles. The van der Waals surface area contributed by atoms with E-state index in [4.69, 9.17) is 24.2 Å². The Kier molecular flexibility index (Phi) is 6.11. The van der Waals surface area contributed by atoms with Crippen LogP contribution in [-0.2, 0) is 16.1 Å². The number of piperazine rings is 1. The normalized spacial score (nSPS) is 27.9. The topological polar surface area (TPSA) is 94.2 Å². The van der Waals surface area contributed by atoms with Crippen LogP contribution in [0.1, 0.15) is 18.6 Å². The minimum Gasteiger partial charge on any atom is -0.473 e. The van der Waals surface area contributed by atoms with Gasteiger partial charge in [0.15, 0.2) is 0 Å². The summed E-state index contributed by atoms with van der Waals surface area (Å²) in [5.74, 6) is 0.176. The number of carboxylic acids is 2. The highest BCUT2D eigenvalue weighted by Gasteiger charge is 2.36. The lowest BCUT2D eigenvalue weighted by Gasteiger charge is -2.36. The van der Waals surface area contributed by atoms with E-state index < -0.39 is 11.9 Å². The van der Waals surface area contributed by atoms with Crippen molar-refractivity contribution in [1.29, 1.82) is 0 Å². The molecule has 1 saturated carbocycles. The molecule has 142 valence electrons. The van der Waals surface area contributed by atoms with Crippen LogP contribution in [0, 0.1) is 17.8 Å². The van der Waals surface area contributed by atoms with Gasteiger partial charge in [0.25, 0.3) is 0 Å². The van der Waals surface area contributed by atoms with Gasteiger partial charge >= 0.3 is 11.9 Å².